The van der Waals surface area contributed by atoms with Gasteiger partial charge in [-0.25, -0.2) is 0 Å². The van der Waals surface area contributed by atoms with Crippen LogP contribution in [-0.4, -0.2) is 8.42 Å². The van der Waals surface area contributed by atoms with Crippen molar-refractivity contribution in [1.82, 2.24) is 0 Å². The van der Waals surface area contributed by atoms with Crippen molar-refractivity contribution in [2.24, 2.45) is 0 Å². The van der Waals surface area contributed by atoms with E-state index >= 15 is 0 Å². The molecule has 0 aromatic carbocycles. The van der Waals surface area contributed by atoms with Crippen LogP contribution < -0.4 is 0 Å². The van der Waals surface area contributed by atoms with Crippen molar-refractivity contribution in [1.29, 1.82) is 0 Å². The maximum Gasteiger partial charge on any atom is 0.320 e. The van der Waals surface area contributed by atoms with Gasteiger partial charge in [-0.3, -0.25) is 0 Å². The van der Waals surface area contributed by atoms with Crippen LogP contribution in [0.25, 0.3) is 0 Å². The Morgan fingerprint density at radius 2 is 2.00 bits per heavy atom. The molecule has 0 aromatic rings. The highest BCUT2D eigenvalue weighted by Crippen LogP contribution is 2.23. The van der Waals surface area contributed by atoms with Gasteiger partial charge in [-0.15, -0.1) is 0 Å². The molecule has 1 radical (unpaired) electrons. The van der Waals surface area contributed by atoms with Crippen molar-refractivity contribution < 1.29 is 13.0 Å². The van der Waals surface area contributed by atoms with Gasteiger partial charge in [0, 0.05) is 6.42 Å². The highest BCUT2D eigenvalue weighted by atomic mass is 32.2. The molecule has 1 aliphatic carbocycles. The van der Waals surface area contributed by atoms with Gasteiger partial charge in [-0.05, 0) is 0 Å². The Kier molecular flexibility index (Phi) is 0.739. The number of hydrogen-bond donors (Lipinski definition) is 0. The fourth-order valence-corrected chi connectivity index (χ4v) is 0.737. The van der Waals surface area contributed by atoms with Crippen molar-refractivity contribution in [3.8, 4) is 0 Å². The van der Waals surface area contributed by atoms with Crippen LogP contribution in [0.4, 0.5) is 0 Å². The average Bonchev–Trinajstić information content (AvgIpc) is 1.99. The van der Waals surface area contributed by atoms with E-state index in [4.69, 9.17) is 0 Å². The summed E-state index contributed by atoms with van der Waals surface area (Å²) in [6.07, 6.45) is 1.76. The molecule has 0 aromatic heterocycles. The molecule has 0 spiro atoms. The smallest absolute Gasteiger partial charge is 0.192 e. The highest BCUT2D eigenvalue weighted by Gasteiger charge is 2.22. The first-order valence-electron chi connectivity index (χ1n) is 1.75. The van der Waals surface area contributed by atoms with E-state index in [9.17, 15) is 13.0 Å². The molecule has 0 saturated carbocycles. The average molecular weight is 119 g/mol. The molecule has 7 heavy (non-hydrogen) atoms. The van der Waals surface area contributed by atoms with Gasteiger partial charge in [0.05, 0.1) is 4.91 Å². The SMILES string of the molecule is [O]S(=O)(=O)C1=CC1. The van der Waals surface area contributed by atoms with Crippen LogP contribution in [0.2, 0.25) is 0 Å². The van der Waals surface area contributed by atoms with Crippen LogP contribution in [0, 0.1) is 0 Å². The lowest BCUT2D eigenvalue weighted by atomic mass is 10.9. The Labute approximate surface area is 41.4 Å². The summed E-state index contributed by atoms with van der Waals surface area (Å²) in [5.74, 6) is 0. The lowest BCUT2D eigenvalue weighted by Crippen LogP contribution is -1.88. The molecule has 0 amide bonds. The van der Waals surface area contributed by atoms with Crippen molar-refractivity contribution in [3.63, 3.8) is 0 Å². The Morgan fingerprint density at radius 1 is 1.57 bits per heavy atom. The predicted octanol–water partition coefficient (Wildman–Crippen LogP) is 0.0343. The topological polar surface area (TPSA) is 54.0 Å². The molecule has 4 heteroatoms. The van der Waals surface area contributed by atoms with Crippen molar-refractivity contribution in [3.05, 3.63) is 11.0 Å². The maximum atomic E-state index is 9.77. The van der Waals surface area contributed by atoms with Crippen LogP contribution >= 0.6 is 0 Å². The summed E-state index contributed by atoms with van der Waals surface area (Å²) in [5, 5.41) is 0. The largest absolute Gasteiger partial charge is 0.320 e. The van der Waals surface area contributed by atoms with Gasteiger partial charge >= 0.3 is 10.1 Å². The minimum Gasteiger partial charge on any atom is -0.192 e. The molecular formula is C3H3O3S. The van der Waals surface area contributed by atoms with Gasteiger partial charge in [-0.1, -0.05) is 10.6 Å². The Morgan fingerprint density at radius 3 is 2.00 bits per heavy atom. The fourth-order valence-electron chi connectivity index (χ4n) is 0.246. The van der Waals surface area contributed by atoms with E-state index in [-0.39, 0.29) is 4.91 Å². The second-order valence-electron chi connectivity index (χ2n) is 1.33. The quantitative estimate of drug-likeness (QED) is 0.489. The van der Waals surface area contributed by atoms with Crippen LogP contribution in [-0.2, 0) is 14.7 Å². The molecule has 1 rings (SSSR count). The maximum absolute atomic E-state index is 9.77. The second-order valence-corrected chi connectivity index (χ2v) is 2.76. The summed E-state index contributed by atoms with van der Waals surface area (Å²) in [4.78, 5) is 0.0347. The lowest BCUT2D eigenvalue weighted by molar-refractivity contribution is 0.422. The molecule has 0 bridgehead atoms. The third-order valence-corrected chi connectivity index (χ3v) is 1.67. The first-order chi connectivity index (χ1) is 3.11. The predicted molar refractivity (Wildman–Crippen MR) is 22.3 cm³/mol. The van der Waals surface area contributed by atoms with Gasteiger partial charge < -0.3 is 0 Å². The number of allylic oxidation sites excluding steroid dienone is 2. The van der Waals surface area contributed by atoms with Crippen LogP contribution in [0.5, 0.6) is 0 Å². The molecule has 0 atom stereocenters. The summed E-state index contributed by atoms with van der Waals surface area (Å²) in [6.45, 7) is 0. The van der Waals surface area contributed by atoms with E-state index in [0.29, 0.717) is 6.42 Å². The number of rotatable bonds is 1. The first kappa shape index (κ1) is 4.80. The first-order valence-corrected chi connectivity index (χ1v) is 3.16. The van der Waals surface area contributed by atoms with Gasteiger partial charge in [0.25, 0.3) is 0 Å². The third kappa shape index (κ3) is 1.01. The van der Waals surface area contributed by atoms with Gasteiger partial charge in [0.15, 0.2) is 0 Å². The lowest BCUT2D eigenvalue weighted by Gasteiger charge is -1.74. The molecule has 0 fully saturated rings. The Balaban J connectivity index is 2.93. The zero-order valence-electron chi connectivity index (χ0n) is 3.42. The standard InChI is InChI=1S/C3H3O3S/c4-7(5,6)3-1-2-3/h1H,2H2. The van der Waals surface area contributed by atoms with Gasteiger partial charge in [0.1, 0.15) is 0 Å². The summed E-state index contributed by atoms with van der Waals surface area (Å²) < 4.78 is 29.3. The zero-order valence-corrected chi connectivity index (χ0v) is 4.23. The van der Waals surface area contributed by atoms with E-state index in [2.05, 4.69) is 0 Å². The van der Waals surface area contributed by atoms with E-state index < -0.39 is 10.1 Å². The molecule has 0 unspecified atom stereocenters. The van der Waals surface area contributed by atoms with Crippen molar-refractivity contribution >= 4 is 10.1 Å². The van der Waals surface area contributed by atoms with E-state index in [1.165, 1.54) is 6.08 Å². The number of hydrogen-bond acceptors (Lipinski definition) is 2. The fraction of sp³-hybridized carbons (Fsp3) is 0.333. The van der Waals surface area contributed by atoms with E-state index in [1.54, 1.807) is 0 Å². The normalized spacial score (nSPS) is 18.7. The van der Waals surface area contributed by atoms with E-state index in [1.807, 2.05) is 0 Å². The molecule has 0 N–H and O–H groups in total. The summed E-state index contributed by atoms with van der Waals surface area (Å²) in [6, 6.07) is 0. The molecule has 3 nitrogen and oxygen atoms in total. The summed E-state index contributed by atoms with van der Waals surface area (Å²) in [5.41, 5.74) is 0. The van der Waals surface area contributed by atoms with E-state index in [0.717, 1.165) is 0 Å². The molecule has 1 aliphatic rings. The van der Waals surface area contributed by atoms with Gasteiger partial charge in [0.2, 0.25) is 0 Å². The molecule has 0 saturated heterocycles. The second kappa shape index (κ2) is 1.08. The molecule has 0 heterocycles. The Hall–Kier alpha value is -0.350. The van der Waals surface area contributed by atoms with Crippen molar-refractivity contribution in [2.75, 3.05) is 0 Å². The van der Waals surface area contributed by atoms with Crippen LogP contribution in [0.3, 0.4) is 0 Å². The summed E-state index contributed by atoms with van der Waals surface area (Å²) >= 11 is 0. The minimum absolute atomic E-state index is 0.0347. The zero-order chi connectivity index (χ0) is 5.49. The molecule has 39 valence electrons. The molecular weight excluding hydrogens is 116 g/mol. The van der Waals surface area contributed by atoms with Crippen LogP contribution in [0.15, 0.2) is 11.0 Å². The van der Waals surface area contributed by atoms with Gasteiger partial charge in [-0.2, -0.15) is 8.42 Å². The third-order valence-electron chi connectivity index (χ3n) is 0.692. The summed E-state index contributed by atoms with van der Waals surface area (Å²) in [7, 11) is -4.02. The Bertz CT molecular complexity index is 198. The highest BCUT2D eigenvalue weighted by molar-refractivity contribution is 7.89. The minimum atomic E-state index is -4.02. The monoisotopic (exact) mass is 119 g/mol. The van der Waals surface area contributed by atoms with Crippen LogP contribution in [0.1, 0.15) is 6.42 Å². The molecule has 0 aliphatic heterocycles. The van der Waals surface area contributed by atoms with Crippen molar-refractivity contribution in [2.45, 2.75) is 6.42 Å².